The van der Waals surface area contributed by atoms with Gasteiger partial charge in [0.15, 0.2) is 0 Å². The normalized spacial score (nSPS) is 14.7. The fourth-order valence-corrected chi connectivity index (χ4v) is 8.19. The average Bonchev–Trinajstić information content (AvgIpc) is 3.02. The van der Waals surface area contributed by atoms with Gasteiger partial charge in [0.05, 0.1) is 0 Å². The molecule has 1 aliphatic heterocycles. The van der Waals surface area contributed by atoms with Gasteiger partial charge in [-0.1, -0.05) is 0 Å². The van der Waals surface area contributed by atoms with Crippen LogP contribution in [0.4, 0.5) is 0 Å². The summed E-state index contributed by atoms with van der Waals surface area (Å²) in [4.78, 5) is 0. The third kappa shape index (κ3) is 4.34. The molecule has 1 heterocycles. The number of hydrogen-bond donors (Lipinski definition) is 0. The molecule has 180 valence electrons. The first-order valence-corrected chi connectivity index (χ1v) is 15.6. The maximum atomic E-state index is 6.62. The third-order valence-corrected chi connectivity index (χ3v) is 9.38. The molecule has 6 rings (SSSR count). The number of ether oxygens (including phenoxy) is 1. The van der Waals surface area contributed by atoms with Crippen LogP contribution < -0.4 is 13.8 Å². The topological polar surface area (TPSA) is 36.9 Å². The molecule has 6 heteroatoms. The number of methoxy groups -OCH3 is 1. The van der Waals surface area contributed by atoms with Crippen molar-refractivity contribution < 1.29 is 18.3 Å². The Morgan fingerprint density at radius 2 is 1.25 bits per heavy atom. The van der Waals surface area contributed by atoms with E-state index in [4.69, 9.17) is 18.3 Å². The second-order valence-corrected chi connectivity index (χ2v) is 13.2. The van der Waals surface area contributed by atoms with Gasteiger partial charge in [0, 0.05) is 0 Å². The van der Waals surface area contributed by atoms with E-state index in [1.165, 1.54) is 0 Å². The monoisotopic (exact) mass is 560 g/mol. The van der Waals surface area contributed by atoms with E-state index in [1.54, 1.807) is 7.11 Å². The van der Waals surface area contributed by atoms with E-state index in [-0.39, 0.29) is 6.10 Å². The van der Waals surface area contributed by atoms with Crippen LogP contribution in [0, 0.1) is 0 Å². The van der Waals surface area contributed by atoms with Crippen molar-refractivity contribution in [2.75, 3.05) is 7.11 Å². The second kappa shape index (κ2) is 9.42. The van der Waals surface area contributed by atoms with Crippen LogP contribution in [0.25, 0.3) is 32.7 Å². The molecule has 0 bridgehead atoms. The fraction of sp³-hybridized carbons (Fsp3) is 0.133. The van der Waals surface area contributed by atoms with Crippen molar-refractivity contribution in [3.8, 4) is 28.4 Å². The van der Waals surface area contributed by atoms with Crippen LogP contribution in [0.15, 0.2) is 97.1 Å². The molecular formula is C30H25O4PSe. The molecular weight excluding hydrogens is 534 g/mol. The van der Waals surface area contributed by atoms with Crippen molar-refractivity contribution in [2.24, 2.45) is 0 Å². The van der Waals surface area contributed by atoms with Gasteiger partial charge < -0.3 is 0 Å². The molecule has 1 atom stereocenters. The number of rotatable bonds is 5. The summed E-state index contributed by atoms with van der Waals surface area (Å²) in [6, 6.07) is 33.1. The molecule has 36 heavy (non-hydrogen) atoms. The first-order valence-electron chi connectivity index (χ1n) is 11.9. The van der Waals surface area contributed by atoms with Gasteiger partial charge in [-0.3, -0.25) is 0 Å². The molecule has 0 spiro atoms. The van der Waals surface area contributed by atoms with Crippen LogP contribution in [0.3, 0.4) is 0 Å². The summed E-state index contributed by atoms with van der Waals surface area (Å²) in [5, 5.41) is 4.55. The zero-order valence-electron chi connectivity index (χ0n) is 20.0. The van der Waals surface area contributed by atoms with E-state index in [9.17, 15) is 0 Å². The summed E-state index contributed by atoms with van der Waals surface area (Å²) >= 11 is 3.17. The molecule has 0 radical (unpaired) electrons. The maximum absolute atomic E-state index is 6.62. The molecule has 0 fully saturated rings. The van der Waals surface area contributed by atoms with E-state index in [0.29, 0.717) is 0 Å². The van der Waals surface area contributed by atoms with Gasteiger partial charge in [0.2, 0.25) is 0 Å². The molecule has 0 amide bonds. The fourth-order valence-electron chi connectivity index (χ4n) is 4.82. The van der Waals surface area contributed by atoms with E-state index >= 15 is 0 Å². The van der Waals surface area contributed by atoms with Crippen LogP contribution >= 0.6 is 6.19 Å². The molecule has 0 saturated heterocycles. The van der Waals surface area contributed by atoms with Crippen molar-refractivity contribution >= 4 is 42.8 Å². The van der Waals surface area contributed by atoms with Crippen LogP contribution in [0.2, 0.25) is 0 Å². The minimum atomic E-state index is -2.89. The molecule has 0 saturated carbocycles. The van der Waals surface area contributed by atoms with Gasteiger partial charge in [-0.25, -0.2) is 0 Å². The van der Waals surface area contributed by atoms with Crippen molar-refractivity contribution in [3.63, 3.8) is 0 Å². The molecule has 0 N–H and O–H groups in total. The van der Waals surface area contributed by atoms with Gasteiger partial charge >= 0.3 is 219 Å². The van der Waals surface area contributed by atoms with E-state index in [0.717, 1.165) is 61.9 Å². The Morgan fingerprint density at radius 3 is 1.78 bits per heavy atom. The summed E-state index contributed by atoms with van der Waals surface area (Å²) in [5.74, 6) is 2.35. The van der Waals surface area contributed by atoms with Crippen molar-refractivity contribution in [3.05, 3.63) is 103 Å². The summed E-state index contributed by atoms with van der Waals surface area (Å²) in [6.45, 7) is 2.05. The summed E-state index contributed by atoms with van der Waals surface area (Å²) in [5.41, 5.74) is 3.22. The molecule has 0 aromatic heterocycles. The van der Waals surface area contributed by atoms with E-state index in [2.05, 4.69) is 87.9 Å². The Balaban J connectivity index is 1.44. The summed E-state index contributed by atoms with van der Waals surface area (Å²) < 4.78 is 25.1. The first kappa shape index (κ1) is 23.3. The van der Waals surface area contributed by atoms with Gasteiger partial charge in [-0.2, -0.15) is 0 Å². The van der Waals surface area contributed by atoms with Gasteiger partial charge in [-0.15, -0.1) is 0 Å². The van der Waals surface area contributed by atoms with Crippen LogP contribution in [-0.4, -0.2) is 28.3 Å². The third-order valence-electron chi connectivity index (χ3n) is 6.44. The van der Waals surface area contributed by atoms with E-state index < -0.39 is 6.19 Å². The van der Waals surface area contributed by atoms with Crippen LogP contribution in [-0.2, 0) is 10.9 Å². The van der Waals surface area contributed by atoms with E-state index in [1.807, 2.05) is 31.2 Å². The predicted octanol–water partition coefficient (Wildman–Crippen LogP) is 7.93. The summed E-state index contributed by atoms with van der Waals surface area (Å²) in [6.07, 6.45) is -2.31. The zero-order valence-corrected chi connectivity index (χ0v) is 22.6. The molecule has 5 aromatic rings. The Bertz CT molecular complexity index is 1540. The number of fused-ring (bicyclic) bond motifs is 7. The molecule has 5 aromatic carbocycles. The molecule has 1 unspecified atom stereocenters. The summed E-state index contributed by atoms with van der Waals surface area (Å²) in [7, 11) is 1.67. The SMILES string of the molecule is COc1ccc(CC(C)OP2(=[Se])Oc3ccc4ccccc4c3-c3c(ccc4ccccc34)O2)cc1. The first-order chi connectivity index (χ1) is 17.5. The number of hydrogen-bond acceptors (Lipinski definition) is 4. The molecule has 4 nitrogen and oxygen atoms in total. The quantitative estimate of drug-likeness (QED) is 0.162. The van der Waals surface area contributed by atoms with Crippen molar-refractivity contribution in [1.29, 1.82) is 0 Å². The van der Waals surface area contributed by atoms with Crippen LogP contribution in [0.5, 0.6) is 17.2 Å². The Labute approximate surface area is 218 Å². The predicted molar refractivity (Wildman–Crippen MR) is 148 cm³/mol. The van der Waals surface area contributed by atoms with Gasteiger partial charge in [0.1, 0.15) is 0 Å². The minimum absolute atomic E-state index is 0.140. The molecule has 1 aliphatic rings. The Morgan fingerprint density at radius 1 is 0.722 bits per heavy atom. The van der Waals surface area contributed by atoms with Crippen molar-refractivity contribution in [1.82, 2.24) is 0 Å². The Kier molecular flexibility index (Phi) is 6.11. The standard InChI is InChI=1S/C30H25O4PSe/c1-20(19-21-11-15-24(31-2)16-12-21)32-35(36)33-27-17-13-22-7-3-5-9-25(22)29(27)30-26-10-6-4-8-23(26)14-18-28(30)34-35/h3-18,20H,19H2,1-2H3. The second-order valence-electron chi connectivity index (χ2n) is 8.92. The molecule has 0 aliphatic carbocycles. The average molecular weight is 559 g/mol. The van der Waals surface area contributed by atoms with Crippen molar-refractivity contribution in [2.45, 2.75) is 19.4 Å². The van der Waals surface area contributed by atoms with Gasteiger partial charge in [-0.05, 0) is 0 Å². The van der Waals surface area contributed by atoms with Gasteiger partial charge in [0.25, 0.3) is 0 Å². The Hall–Kier alpha value is -3.07. The van der Waals surface area contributed by atoms with Crippen LogP contribution in [0.1, 0.15) is 12.5 Å². The number of benzene rings is 5. The zero-order chi connectivity index (χ0) is 24.7.